The third kappa shape index (κ3) is 4.52. The van der Waals surface area contributed by atoms with Gasteiger partial charge < -0.3 is 20.7 Å². The summed E-state index contributed by atoms with van der Waals surface area (Å²) in [6, 6.07) is 6.56. The molecule has 3 heterocycles. The standard InChI is InChI=1S/C27H35N5O4/c1-26(2)9-6-17(7-10-26)22(31-23(33)21-8-13-28-32(21)3)24(34)29-18-4-5-19-20(16-18)30-25(35)27(19)11-14-36-15-12-27/h4-5,8,13,16-17,22H,6-7,9-12,14-15H2,1-3H3,(H,29,34)(H,30,35)(H,31,33). The molecule has 1 saturated carbocycles. The number of carbonyl (C=O) groups excluding carboxylic acids is 3. The van der Waals surface area contributed by atoms with Crippen LogP contribution in [0.1, 0.15) is 68.4 Å². The van der Waals surface area contributed by atoms with E-state index in [-0.39, 0.29) is 29.1 Å². The van der Waals surface area contributed by atoms with Crippen LogP contribution in [0, 0.1) is 11.3 Å². The molecule has 1 saturated heterocycles. The number of benzene rings is 1. The average molecular weight is 494 g/mol. The molecule has 2 aliphatic heterocycles. The third-order valence-corrected chi connectivity index (χ3v) is 8.31. The molecule has 1 aromatic carbocycles. The average Bonchev–Trinajstić information content (AvgIpc) is 3.39. The quantitative estimate of drug-likeness (QED) is 0.591. The number of fused-ring (bicyclic) bond motifs is 2. The van der Waals surface area contributed by atoms with Crippen LogP contribution in [0.15, 0.2) is 30.5 Å². The van der Waals surface area contributed by atoms with Gasteiger partial charge in [-0.1, -0.05) is 19.9 Å². The fourth-order valence-electron chi connectivity index (χ4n) is 5.91. The molecule has 3 aliphatic rings. The van der Waals surface area contributed by atoms with E-state index in [0.717, 1.165) is 36.9 Å². The lowest BCUT2D eigenvalue weighted by Gasteiger charge is -2.37. The first-order chi connectivity index (χ1) is 17.2. The van der Waals surface area contributed by atoms with Gasteiger partial charge in [0.1, 0.15) is 11.7 Å². The van der Waals surface area contributed by atoms with Crippen LogP contribution in [0.25, 0.3) is 0 Å². The maximum atomic E-state index is 13.6. The highest BCUT2D eigenvalue weighted by atomic mass is 16.5. The molecule has 0 radical (unpaired) electrons. The maximum absolute atomic E-state index is 13.6. The van der Waals surface area contributed by atoms with Gasteiger partial charge in [-0.15, -0.1) is 0 Å². The highest BCUT2D eigenvalue weighted by Crippen LogP contribution is 2.45. The van der Waals surface area contributed by atoms with Gasteiger partial charge in [0.2, 0.25) is 11.8 Å². The van der Waals surface area contributed by atoms with Crippen molar-refractivity contribution in [2.75, 3.05) is 23.8 Å². The van der Waals surface area contributed by atoms with Gasteiger partial charge >= 0.3 is 0 Å². The van der Waals surface area contributed by atoms with Crippen molar-refractivity contribution < 1.29 is 19.1 Å². The Morgan fingerprint density at radius 3 is 2.53 bits per heavy atom. The number of nitrogens with one attached hydrogen (secondary N) is 3. The summed E-state index contributed by atoms with van der Waals surface area (Å²) in [5.41, 5.74) is 2.39. The van der Waals surface area contributed by atoms with Gasteiger partial charge in [-0.05, 0) is 73.6 Å². The Balaban J connectivity index is 1.35. The summed E-state index contributed by atoms with van der Waals surface area (Å²) >= 11 is 0. The number of rotatable bonds is 5. The molecule has 1 aromatic heterocycles. The molecule has 1 aliphatic carbocycles. The largest absolute Gasteiger partial charge is 0.381 e. The Labute approximate surface area is 211 Å². The van der Waals surface area contributed by atoms with E-state index in [1.807, 2.05) is 18.2 Å². The second-order valence-corrected chi connectivity index (χ2v) is 11.2. The highest BCUT2D eigenvalue weighted by Gasteiger charge is 2.47. The molecule has 1 atom stereocenters. The molecule has 1 unspecified atom stereocenters. The minimum atomic E-state index is -0.673. The second-order valence-electron chi connectivity index (χ2n) is 11.2. The van der Waals surface area contributed by atoms with Gasteiger partial charge in [0, 0.05) is 37.8 Å². The molecular weight excluding hydrogens is 458 g/mol. The summed E-state index contributed by atoms with van der Waals surface area (Å²) < 4.78 is 6.99. The number of hydrogen-bond donors (Lipinski definition) is 3. The molecule has 3 N–H and O–H groups in total. The predicted octanol–water partition coefficient (Wildman–Crippen LogP) is 3.37. The third-order valence-electron chi connectivity index (χ3n) is 8.31. The number of anilines is 2. The number of aryl methyl sites for hydroxylation is 1. The molecule has 5 rings (SSSR count). The lowest BCUT2D eigenvalue weighted by molar-refractivity contribution is -0.124. The minimum absolute atomic E-state index is 0.00425. The van der Waals surface area contributed by atoms with Gasteiger partial charge in [-0.25, -0.2) is 0 Å². The number of hydrogen-bond acceptors (Lipinski definition) is 5. The van der Waals surface area contributed by atoms with Gasteiger partial charge in [0.25, 0.3) is 5.91 Å². The van der Waals surface area contributed by atoms with Crippen LogP contribution in [0.3, 0.4) is 0 Å². The summed E-state index contributed by atoms with van der Waals surface area (Å²) in [6.45, 7) is 5.61. The summed E-state index contributed by atoms with van der Waals surface area (Å²) in [6.07, 6.45) is 6.59. The first-order valence-corrected chi connectivity index (χ1v) is 12.8. The zero-order valence-corrected chi connectivity index (χ0v) is 21.2. The Morgan fingerprint density at radius 1 is 1.14 bits per heavy atom. The Morgan fingerprint density at radius 2 is 1.86 bits per heavy atom. The van der Waals surface area contributed by atoms with Crippen molar-refractivity contribution in [1.29, 1.82) is 0 Å². The number of nitrogens with zero attached hydrogens (tertiary/aromatic N) is 2. The summed E-state index contributed by atoms with van der Waals surface area (Å²) in [4.78, 5) is 39.4. The highest BCUT2D eigenvalue weighted by molar-refractivity contribution is 6.07. The van der Waals surface area contributed by atoms with E-state index in [1.54, 1.807) is 19.3 Å². The van der Waals surface area contributed by atoms with Crippen LogP contribution in [-0.2, 0) is 26.8 Å². The molecule has 2 fully saturated rings. The minimum Gasteiger partial charge on any atom is -0.381 e. The Kier molecular flexibility index (Phi) is 6.36. The van der Waals surface area contributed by atoms with Crippen molar-refractivity contribution >= 4 is 29.1 Å². The lowest BCUT2D eigenvalue weighted by Crippen LogP contribution is -2.50. The first kappa shape index (κ1) is 24.5. The molecule has 9 nitrogen and oxygen atoms in total. The van der Waals surface area contributed by atoms with Gasteiger partial charge in [0.05, 0.1) is 5.41 Å². The van der Waals surface area contributed by atoms with Crippen molar-refractivity contribution in [3.63, 3.8) is 0 Å². The van der Waals surface area contributed by atoms with E-state index in [1.165, 1.54) is 4.68 Å². The molecule has 0 bridgehead atoms. The fourth-order valence-corrected chi connectivity index (χ4v) is 5.91. The number of ether oxygens (including phenoxy) is 1. The summed E-state index contributed by atoms with van der Waals surface area (Å²) in [5, 5.41) is 13.1. The predicted molar refractivity (Wildman–Crippen MR) is 136 cm³/mol. The van der Waals surface area contributed by atoms with Crippen molar-refractivity contribution in [2.24, 2.45) is 18.4 Å². The van der Waals surface area contributed by atoms with E-state index < -0.39 is 11.5 Å². The van der Waals surface area contributed by atoms with Gasteiger partial charge in [0.15, 0.2) is 0 Å². The monoisotopic (exact) mass is 493 g/mol. The number of aromatic nitrogens is 2. The van der Waals surface area contributed by atoms with Crippen LogP contribution in [-0.4, -0.2) is 46.8 Å². The number of carbonyl (C=O) groups is 3. The van der Waals surface area contributed by atoms with E-state index in [2.05, 4.69) is 34.9 Å². The van der Waals surface area contributed by atoms with Crippen molar-refractivity contribution in [3.8, 4) is 0 Å². The smallest absolute Gasteiger partial charge is 0.270 e. The van der Waals surface area contributed by atoms with E-state index in [0.29, 0.717) is 37.4 Å². The molecular formula is C27H35N5O4. The topological polar surface area (TPSA) is 114 Å². The molecule has 1 spiro atoms. The van der Waals surface area contributed by atoms with E-state index in [9.17, 15) is 14.4 Å². The van der Waals surface area contributed by atoms with Crippen molar-refractivity contribution in [1.82, 2.24) is 15.1 Å². The summed E-state index contributed by atoms with van der Waals surface area (Å²) in [5.74, 6) is -0.534. The van der Waals surface area contributed by atoms with Crippen LogP contribution >= 0.6 is 0 Å². The van der Waals surface area contributed by atoms with Crippen LogP contribution in [0.2, 0.25) is 0 Å². The summed E-state index contributed by atoms with van der Waals surface area (Å²) in [7, 11) is 1.71. The molecule has 3 amide bonds. The fraction of sp³-hybridized carbons (Fsp3) is 0.556. The van der Waals surface area contributed by atoms with E-state index in [4.69, 9.17) is 4.74 Å². The first-order valence-electron chi connectivity index (χ1n) is 12.8. The zero-order chi connectivity index (χ0) is 25.5. The van der Waals surface area contributed by atoms with Crippen LogP contribution in [0.5, 0.6) is 0 Å². The molecule has 2 aromatic rings. The zero-order valence-electron chi connectivity index (χ0n) is 21.2. The van der Waals surface area contributed by atoms with Crippen molar-refractivity contribution in [2.45, 2.75) is 63.8 Å². The molecule has 192 valence electrons. The van der Waals surface area contributed by atoms with Crippen LogP contribution < -0.4 is 16.0 Å². The van der Waals surface area contributed by atoms with E-state index >= 15 is 0 Å². The van der Waals surface area contributed by atoms with Gasteiger partial charge in [-0.3, -0.25) is 19.1 Å². The molecule has 36 heavy (non-hydrogen) atoms. The molecule has 9 heteroatoms. The maximum Gasteiger partial charge on any atom is 0.270 e. The number of amides is 3. The Hall–Kier alpha value is -3.20. The normalized spacial score (nSPS) is 21.5. The SMILES string of the molecule is Cn1nccc1C(=O)NC(C(=O)Nc1ccc2c(c1)NC(=O)C21CCOCC1)C1CCC(C)(C)CC1. The van der Waals surface area contributed by atoms with Crippen molar-refractivity contribution in [3.05, 3.63) is 41.7 Å². The van der Waals surface area contributed by atoms with Crippen LogP contribution in [0.4, 0.5) is 11.4 Å². The van der Waals surface area contributed by atoms with Gasteiger partial charge in [-0.2, -0.15) is 5.10 Å². The Bertz CT molecular complexity index is 1170. The second kappa shape index (κ2) is 9.35. The lowest BCUT2D eigenvalue weighted by atomic mass is 9.71.